The summed E-state index contributed by atoms with van der Waals surface area (Å²) in [6, 6.07) is 11.5. The second-order valence-corrected chi connectivity index (χ2v) is 8.05. The van der Waals surface area contributed by atoms with E-state index in [1.165, 1.54) is 12.3 Å². The average molecular weight is 424 g/mol. The monoisotopic (exact) mass is 424 g/mol. The Morgan fingerprint density at radius 1 is 1.19 bits per heavy atom. The molecule has 2 N–H and O–H groups in total. The maximum absolute atomic E-state index is 14.7. The summed E-state index contributed by atoms with van der Waals surface area (Å²) in [5.74, 6) is 0.792. The number of anilines is 1. The molecule has 2 aromatic heterocycles. The van der Waals surface area contributed by atoms with Crippen LogP contribution in [0, 0.1) is 5.92 Å². The molecule has 5 rings (SSSR count). The van der Waals surface area contributed by atoms with Crippen molar-refractivity contribution in [1.82, 2.24) is 20.5 Å². The maximum Gasteiger partial charge on any atom is 0.213 e. The minimum atomic E-state index is -2.60. The quantitative estimate of drug-likeness (QED) is 0.651. The van der Waals surface area contributed by atoms with Crippen molar-refractivity contribution in [3.05, 3.63) is 48.7 Å². The number of aromatic hydroxyl groups is 1. The Labute approximate surface area is 184 Å². The Hall–Kier alpha value is -3.26. The lowest BCUT2D eigenvalue weighted by Crippen LogP contribution is -2.51. The van der Waals surface area contributed by atoms with Crippen LogP contribution in [0.1, 0.15) is 10.5 Å². The van der Waals surface area contributed by atoms with Gasteiger partial charge >= 0.3 is 0 Å². The molecule has 0 amide bonds. The van der Waals surface area contributed by atoms with Crippen LogP contribution >= 0.6 is 0 Å². The van der Waals surface area contributed by atoms with Gasteiger partial charge in [-0.3, -0.25) is 0 Å². The number of methoxy groups -OCH3 is 1. The third-order valence-electron chi connectivity index (χ3n) is 6.30. The summed E-state index contributed by atoms with van der Waals surface area (Å²) >= 11 is 0. The summed E-state index contributed by atoms with van der Waals surface area (Å²) in [6.07, 6.45) is 1.33. The largest absolute Gasteiger partial charge is 0.507 e. The van der Waals surface area contributed by atoms with E-state index < -0.39 is 13.2 Å². The summed E-state index contributed by atoms with van der Waals surface area (Å²) in [7, 11) is -0.761. The van der Waals surface area contributed by atoms with Gasteiger partial charge in [0.2, 0.25) is 5.88 Å². The Morgan fingerprint density at radius 2 is 2.06 bits per heavy atom. The first-order valence-electron chi connectivity index (χ1n) is 11.6. The van der Waals surface area contributed by atoms with Crippen molar-refractivity contribution in [1.29, 1.82) is 0 Å². The van der Waals surface area contributed by atoms with Crippen LogP contribution < -0.4 is 15.0 Å². The smallest absolute Gasteiger partial charge is 0.213 e. The number of rotatable bonds is 5. The van der Waals surface area contributed by atoms with E-state index in [-0.39, 0.29) is 29.6 Å². The summed E-state index contributed by atoms with van der Waals surface area (Å²) in [5, 5.41) is 22.4. The number of halogens is 1. The van der Waals surface area contributed by atoms with Crippen molar-refractivity contribution in [3.8, 4) is 34.0 Å². The molecular weight excluding hydrogens is 397 g/mol. The summed E-state index contributed by atoms with van der Waals surface area (Å²) in [4.78, 5) is 5.77. The molecule has 2 aliphatic rings. The van der Waals surface area contributed by atoms with E-state index >= 15 is 0 Å². The van der Waals surface area contributed by atoms with Crippen LogP contribution in [0.3, 0.4) is 0 Å². The fraction of sp³-hybridized carbons (Fsp3) is 0.348. The van der Waals surface area contributed by atoms with Crippen LogP contribution in [-0.2, 0) is 0 Å². The molecule has 3 aromatic rings. The van der Waals surface area contributed by atoms with Gasteiger partial charge in [-0.25, -0.2) is 9.37 Å². The van der Waals surface area contributed by atoms with Gasteiger partial charge in [0, 0.05) is 37.5 Å². The molecule has 1 saturated heterocycles. The summed E-state index contributed by atoms with van der Waals surface area (Å²) in [5.41, 5.74) is 2.27. The lowest BCUT2D eigenvalue weighted by Gasteiger charge is -2.34. The number of hydrogen-bond donors (Lipinski definition) is 2. The van der Waals surface area contributed by atoms with Gasteiger partial charge < -0.3 is 20.1 Å². The molecule has 3 heterocycles. The molecule has 1 aliphatic heterocycles. The Balaban J connectivity index is 1.35. The third-order valence-corrected chi connectivity index (χ3v) is 6.30. The standard InChI is InChI=1S/C23H24FN5O2/c1-29(23-15-9-18(22(23)24)26-12-15)20-6-5-17(27-28-20)16-4-3-13(10-19(16)30)14-7-8-25-21(11-14)31-2/h3-8,10-11,15,18,22-23,26,30H,9,12H2,1-2H3/t15-,18-,22+,23-/m1/s1/i2D3. The fourth-order valence-corrected chi connectivity index (χ4v) is 4.71. The molecule has 31 heavy (non-hydrogen) atoms. The van der Waals surface area contributed by atoms with Gasteiger partial charge in [-0.05, 0) is 53.8 Å². The lowest BCUT2D eigenvalue weighted by atomic mass is 10.0. The van der Waals surface area contributed by atoms with Crippen LogP contribution in [0.25, 0.3) is 22.4 Å². The highest BCUT2D eigenvalue weighted by Gasteiger charge is 2.50. The number of benzene rings is 1. The number of pyridine rings is 1. The second-order valence-electron chi connectivity index (χ2n) is 8.05. The van der Waals surface area contributed by atoms with Crippen LogP contribution in [0.4, 0.5) is 10.2 Å². The van der Waals surface area contributed by atoms with Crippen LogP contribution in [0.15, 0.2) is 48.7 Å². The number of ether oxygens (including phenoxy) is 1. The first-order valence-corrected chi connectivity index (χ1v) is 10.1. The van der Waals surface area contributed by atoms with Crippen molar-refractivity contribution in [2.45, 2.75) is 24.7 Å². The number of nitrogens with zero attached hydrogens (tertiary/aromatic N) is 4. The SMILES string of the molecule is [2H]C([2H])([2H])Oc1cc(-c2ccc(-c3ccc(N(C)[C@@H]4[C@H]5CN[C@H](C5)[C@@H]4F)nn3)c(O)c2)ccn1. The Kier molecular flexibility index (Phi) is 4.12. The number of fused-ring (bicyclic) bond motifs is 2. The van der Waals surface area contributed by atoms with Crippen molar-refractivity contribution in [3.63, 3.8) is 0 Å². The van der Waals surface area contributed by atoms with Crippen LogP contribution in [-0.4, -0.2) is 59.2 Å². The zero-order chi connectivity index (χ0) is 24.0. The summed E-state index contributed by atoms with van der Waals surface area (Å²) < 4.78 is 41.2. The van der Waals surface area contributed by atoms with E-state index in [0.717, 1.165) is 13.0 Å². The highest BCUT2D eigenvalue weighted by molar-refractivity contribution is 5.74. The molecule has 0 unspecified atom stereocenters. The molecule has 4 atom stereocenters. The van der Waals surface area contributed by atoms with Gasteiger partial charge in [0.05, 0.1) is 22.9 Å². The molecule has 8 heteroatoms. The molecule has 2 bridgehead atoms. The predicted molar refractivity (Wildman–Crippen MR) is 116 cm³/mol. The van der Waals surface area contributed by atoms with Crippen molar-refractivity contribution < 1.29 is 18.3 Å². The molecule has 7 nitrogen and oxygen atoms in total. The van der Waals surface area contributed by atoms with E-state index in [1.807, 2.05) is 11.9 Å². The normalized spacial score (nSPS) is 26.2. The molecule has 2 fully saturated rings. The molecule has 1 aromatic carbocycles. The van der Waals surface area contributed by atoms with Crippen molar-refractivity contribution in [2.75, 3.05) is 25.5 Å². The third kappa shape index (κ3) is 3.46. The molecule has 1 saturated carbocycles. The minimum absolute atomic E-state index is 0.00833. The van der Waals surface area contributed by atoms with Gasteiger partial charge in [-0.2, -0.15) is 0 Å². The summed E-state index contributed by atoms with van der Waals surface area (Å²) in [6.45, 7) is 0.813. The minimum Gasteiger partial charge on any atom is -0.507 e. The Bertz CT molecular complexity index is 1190. The fourth-order valence-electron chi connectivity index (χ4n) is 4.71. The number of aromatic nitrogens is 3. The maximum atomic E-state index is 14.7. The van der Waals surface area contributed by atoms with Gasteiger partial charge in [-0.1, -0.05) is 6.07 Å². The van der Waals surface area contributed by atoms with Gasteiger partial charge in [0.1, 0.15) is 11.9 Å². The number of hydrogen-bond acceptors (Lipinski definition) is 7. The van der Waals surface area contributed by atoms with Gasteiger partial charge in [0.15, 0.2) is 5.82 Å². The number of piperidine rings is 1. The van der Waals surface area contributed by atoms with E-state index in [0.29, 0.717) is 28.2 Å². The van der Waals surface area contributed by atoms with Gasteiger partial charge in [-0.15, -0.1) is 10.2 Å². The molecular formula is C23H24FN5O2. The highest BCUT2D eigenvalue weighted by atomic mass is 19.1. The average Bonchev–Trinajstić information content (AvgIpc) is 3.39. The number of phenolic OH excluding ortho intramolecular Hbond substituents is 1. The molecule has 0 radical (unpaired) electrons. The van der Waals surface area contributed by atoms with Crippen LogP contribution in [0.5, 0.6) is 11.6 Å². The highest BCUT2D eigenvalue weighted by Crippen LogP contribution is 2.38. The zero-order valence-corrected chi connectivity index (χ0v) is 16.9. The number of alkyl halides is 1. The van der Waals surface area contributed by atoms with E-state index in [9.17, 15) is 9.50 Å². The van der Waals surface area contributed by atoms with E-state index in [1.54, 1.807) is 36.4 Å². The van der Waals surface area contributed by atoms with Gasteiger partial charge in [0.25, 0.3) is 0 Å². The number of nitrogens with one attached hydrogen (secondary N) is 1. The molecule has 160 valence electrons. The first kappa shape index (κ1) is 16.4. The Morgan fingerprint density at radius 3 is 2.77 bits per heavy atom. The van der Waals surface area contributed by atoms with E-state index in [2.05, 4.69) is 20.5 Å². The van der Waals surface area contributed by atoms with Crippen molar-refractivity contribution >= 4 is 5.82 Å². The molecule has 0 spiro atoms. The van der Waals surface area contributed by atoms with E-state index in [4.69, 9.17) is 8.85 Å². The predicted octanol–water partition coefficient (Wildman–Crippen LogP) is 3.05. The topological polar surface area (TPSA) is 83.4 Å². The lowest BCUT2D eigenvalue weighted by molar-refractivity contribution is 0.220. The van der Waals surface area contributed by atoms with Crippen molar-refractivity contribution in [2.24, 2.45) is 5.92 Å². The van der Waals surface area contributed by atoms with Crippen LogP contribution in [0.2, 0.25) is 0 Å². The molecule has 1 aliphatic carbocycles. The first-order chi connectivity index (χ1) is 16.2. The zero-order valence-electron chi connectivity index (χ0n) is 19.9. The number of phenols is 1. The second kappa shape index (κ2) is 7.77.